The molecule has 0 aromatic heterocycles. The maximum absolute atomic E-state index is 10.5. The van der Waals surface area contributed by atoms with Gasteiger partial charge in [-0.1, -0.05) is 41.8 Å². The van der Waals surface area contributed by atoms with Crippen LogP contribution in [0.5, 0.6) is 5.75 Å². The monoisotopic (exact) mass is 338 g/mol. The number of hydrogen-bond acceptors (Lipinski definition) is 2. The Labute approximate surface area is 129 Å². The zero-order valence-electron chi connectivity index (χ0n) is 12.1. The van der Waals surface area contributed by atoms with Crippen LogP contribution in [0.2, 0.25) is 0 Å². The van der Waals surface area contributed by atoms with Gasteiger partial charge in [0, 0.05) is 16.5 Å². The molecule has 2 nitrogen and oxygen atoms in total. The van der Waals surface area contributed by atoms with Gasteiger partial charge in [0.15, 0.2) is 0 Å². The first-order valence-electron chi connectivity index (χ1n) is 7.78. The summed E-state index contributed by atoms with van der Waals surface area (Å²) < 4.78 is 7.41. The molecular weight excluding hydrogens is 316 g/mol. The largest absolute Gasteiger partial charge is 0.487 e. The van der Waals surface area contributed by atoms with Crippen LogP contribution in [0.25, 0.3) is 0 Å². The zero-order valence-corrected chi connectivity index (χ0v) is 13.7. The lowest BCUT2D eigenvalue weighted by atomic mass is 9.83. The maximum Gasteiger partial charge on any atom is 0.127 e. The van der Waals surface area contributed by atoms with Crippen molar-refractivity contribution >= 4 is 15.9 Å². The van der Waals surface area contributed by atoms with Gasteiger partial charge in [-0.2, -0.15) is 0 Å². The summed E-state index contributed by atoms with van der Waals surface area (Å²) in [6, 6.07) is 5.95. The Morgan fingerprint density at radius 1 is 1.35 bits per heavy atom. The first kappa shape index (κ1) is 14.4. The number of aliphatic hydroxyl groups excluding tert-OH is 1. The highest BCUT2D eigenvalue weighted by atomic mass is 79.9. The molecule has 0 amide bonds. The lowest BCUT2D eigenvalue weighted by Crippen LogP contribution is -2.40. The molecule has 3 unspecified atom stereocenters. The molecular formula is C17H23BrO2. The molecule has 0 saturated heterocycles. The van der Waals surface area contributed by atoms with Gasteiger partial charge in [-0.15, -0.1) is 0 Å². The molecule has 0 radical (unpaired) electrons. The van der Waals surface area contributed by atoms with Crippen LogP contribution in [0.15, 0.2) is 22.7 Å². The molecule has 20 heavy (non-hydrogen) atoms. The van der Waals surface area contributed by atoms with E-state index < -0.39 is 0 Å². The van der Waals surface area contributed by atoms with Gasteiger partial charge >= 0.3 is 0 Å². The summed E-state index contributed by atoms with van der Waals surface area (Å²) in [5.74, 6) is 1.70. The van der Waals surface area contributed by atoms with E-state index in [9.17, 15) is 5.11 Å². The van der Waals surface area contributed by atoms with E-state index in [2.05, 4.69) is 22.9 Å². The summed E-state index contributed by atoms with van der Waals surface area (Å²) >= 11 is 3.50. The number of hydrogen-bond donors (Lipinski definition) is 1. The minimum atomic E-state index is -0.384. The van der Waals surface area contributed by atoms with Gasteiger partial charge in [0.2, 0.25) is 0 Å². The second-order valence-corrected chi connectivity index (χ2v) is 7.31. The van der Waals surface area contributed by atoms with Crippen molar-refractivity contribution in [3.8, 4) is 5.75 Å². The summed E-state index contributed by atoms with van der Waals surface area (Å²) in [5, 5.41) is 10.5. The van der Waals surface area contributed by atoms with Gasteiger partial charge in [0.05, 0.1) is 6.10 Å². The Balaban J connectivity index is 1.86. The van der Waals surface area contributed by atoms with E-state index in [1.54, 1.807) is 0 Å². The number of rotatable bonds is 1. The summed E-state index contributed by atoms with van der Waals surface area (Å²) in [4.78, 5) is 0. The van der Waals surface area contributed by atoms with Crippen molar-refractivity contribution in [1.29, 1.82) is 0 Å². The van der Waals surface area contributed by atoms with Crippen LogP contribution < -0.4 is 4.74 Å². The number of halogens is 1. The Morgan fingerprint density at radius 3 is 3.00 bits per heavy atom. The molecule has 1 aliphatic carbocycles. The third kappa shape index (κ3) is 2.75. The van der Waals surface area contributed by atoms with E-state index in [0.29, 0.717) is 0 Å². The molecule has 1 spiro atoms. The van der Waals surface area contributed by atoms with Crippen LogP contribution in [0, 0.1) is 5.92 Å². The van der Waals surface area contributed by atoms with Crippen molar-refractivity contribution in [3.63, 3.8) is 0 Å². The van der Waals surface area contributed by atoms with Crippen LogP contribution in [-0.2, 0) is 0 Å². The second-order valence-electron chi connectivity index (χ2n) is 6.39. The first-order chi connectivity index (χ1) is 9.62. The Bertz CT molecular complexity index is 488. The fourth-order valence-electron chi connectivity index (χ4n) is 3.77. The standard InChI is InChI=1S/C17H23BrO2/c1-2-12-4-3-8-17(9-7-12)11-15(19)14-6-5-13(18)10-16(14)20-17/h5-6,10,12,15,19H,2-4,7-9,11H2,1H3. The van der Waals surface area contributed by atoms with E-state index in [1.807, 2.05) is 18.2 Å². The Hall–Kier alpha value is -0.540. The number of aliphatic hydroxyl groups is 1. The van der Waals surface area contributed by atoms with Gasteiger partial charge in [-0.05, 0) is 43.7 Å². The van der Waals surface area contributed by atoms with Gasteiger partial charge < -0.3 is 9.84 Å². The van der Waals surface area contributed by atoms with E-state index in [1.165, 1.54) is 25.7 Å². The maximum atomic E-state index is 10.5. The van der Waals surface area contributed by atoms with Crippen molar-refractivity contribution in [2.75, 3.05) is 0 Å². The first-order valence-corrected chi connectivity index (χ1v) is 8.58. The van der Waals surface area contributed by atoms with Crippen molar-refractivity contribution in [1.82, 2.24) is 0 Å². The van der Waals surface area contributed by atoms with Gasteiger partial charge in [-0.25, -0.2) is 0 Å². The normalized spacial score (nSPS) is 33.4. The van der Waals surface area contributed by atoms with Crippen LogP contribution in [-0.4, -0.2) is 10.7 Å². The highest BCUT2D eigenvalue weighted by Crippen LogP contribution is 2.47. The second kappa shape index (κ2) is 5.69. The summed E-state index contributed by atoms with van der Waals surface area (Å²) in [7, 11) is 0. The quantitative estimate of drug-likeness (QED) is 0.781. The van der Waals surface area contributed by atoms with Crippen molar-refractivity contribution < 1.29 is 9.84 Å². The van der Waals surface area contributed by atoms with Crippen molar-refractivity contribution in [2.24, 2.45) is 5.92 Å². The molecule has 2 aliphatic rings. The van der Waals surface area contributed by atoms with Gasteiger partial charge in [0.25, 0.3) is 0 Å². The highest BCUT2D eigenvalue weighted by Gasteiger charge is 2.41. The summed E-state index contributed by atoms with van der Waals surface area (Å²) in [6.45, 7) is 2.28. The van der Waals surface area contributed by atoms with E-state index in [-0.39, 0.29) is 11.7 Å². The molecule has 1 heterocycles. The highest BCUT2D eigenvalue weighted by molar-refractivity contribution is 9.10. The summed E-state index contributed by atoms with van der Waals surface area (Å²) in [5.41, 5.74) is 0.798. The average molecular weight is 339 g/mol. The lowest BCUT2D eigenvalue weighted by molar-refractivity contribution is -0.0251. The van der Waals surface area contributed by atoms with Gasteiger partial charge in [0.1, 0.15) is 11.4 Å². The average Bonchev–Trinajstić information content (AvgIpc) is 2.60. The zero-order chi connectivity index (χ0) is 14.2. The SMILES string of the molecule is CCC1CCCC2(CC1)CC(O)c1ccc(Br)cc1O2. The van der Waals surface area contributed by atoms with E-state index in [0.717, 1.165) is 41.0 Å². The third-order valence-corrected chi connectivity index (χ3v) is 5.55. The van der Waals surface area contributed by atoms with Crippen LogP contribution >= 0.6 is 15.9 Å². The molecule has 1 fully saturated rings. The number of fused-ring (bicyclic) bond motifs is 1. The summed E-state index contributed by atoms with van der Waals surface area (Å²) in [6.07, 6.45) is 7.54. The molecule has 3 rings (SSSR count). The number of ether oxygens (including phenoxy) is 1. The minimum absolute atomic E-state index is 0.142. The molecule has 1 aromatic rings. The van der Waals surface area contributed by atoms with Gasteiger partial charge in [-0.3, -0.25) is 0 Å². The lowest BCUT2D eigenvalue weighted by Gasteiger charge is -2.40. The van der Waals surface area contributed by atoms with E-state index in [4.69, 9.17) is 4.74 Å². The topological polar surface area (TPSA) is 29.5 Å². The molecule has 1 saturated carbocycles. The van der Waals surface area contributed by atoms with Crippen LogP contribution in [0.3, 0.4) is 0 Å². The predicted octanol–water partition coefficient (Wildman–Crippen LogP) is 4.99. The van der Waals surface area contributed by atoms with E-state index >= 15 is 0 Å². The van der Waals surface area contributed by atoms with Crippen LogP contribution in [0.4, 0.5) is 0 Å². The fourth-order valence-corrected chi connectivity index (χ4v) is 4.11. The van der Waals surface area contributed by atoms with Crippen molar-refractivity contribution in [3.05, 3.63) is 28.2 Å². The molecule has 3 heteroatoms. The minimum Gasteiger partial charge on any atom is -0.487 e. The smallest absolute Gasteiger partial charge is 0.127 e. The fraction of sp³-hybridized carbons (Fsp3) is 0.647. The number of benzene rings is 1. The predicted molar refractivity (Wildman–Crippen MR) is 83.9 cm³/mol. The molecule has 3 atom stereocenters. The molecule has 0 bridgehead atoms. The Morgan fingerprint density at radius 2 is 2.20 bits per heavy atom. The molecule has 110 valence electrons. The van der Waals surface area contributed by atoms with Crippen molar-refractivity contribution in [2.45, 2.75) is 63.6 Å². The molecule has 1 aromatic carbocycles. The Kier molecular flexibility index (Phi) is 4.09. The van der Waals surface area contributed by atoms with Crippen LogP contribution in [0.1, 0.15) is 63.5 Å². The molecule has 1 aliphatic heterocycles. The third-order valence-electron chi connectivity index (χ3n) is 5.06. The molecule has 1 N–H and O–H groups in total.